The molecule has 0 fully saturated rings. The van der Waals surface area contributed by atoms with Crippen LogP contribution in [0.3, 0.4) is 0 Å². The molecule has 18 heavy (non-hydrogen) atoms. The standard InChI is InChI=1S/C12H19N3O3/c1-4-9-7-10(15(3)14-9)11(16)13-6-5-8(2)12(17)18/h7-8H,4-6H2,1-3H3,(H,13,16)(H,17,18). The van der Waals surface area contributed by atoms with Gasteiger partial charge in [0, 0.05) is 13.6 Å². The zero-order valence-electron chi connectivity index (χ0n) is 10.9. The van der Waals surface area contributed by atoms with Crippen LogP contribution in [0, 0.1) is 5.92 Å². The van der Waals surface area contributed by atoms with Gasteiger partial charge in [-0.25, -0.2) is 0 Å². The molecule has 0 aliphatic carbocycles. The predicted molar refractivity (Wildman–Crippen MR) is 66.3 cm³/mol. The third-order valence-corrected chi connectivity index (χ3v) is 2.81. The first kappa shape index (κ1) is 14.2. The summed E-state index contributed by atoms with van der Waals surface area (Å²) in [7, 11) is 1.72. The maximum Gasteiger partial charge on any atom is 0.306 e. The minimum Gasteiger partial charge on any atom is -0.481 e. The molecule has 1 heterocycles. The van der Waals surface area contributed by atoms with Crippen LogP contribution in [0.5, 0.6) is 0 Å². The Hall–Kier alpha value is -1.85. The van der Waals surface area contributed by atoms with Crippen LogP contribution >= 0.6 is 0 Å². The molecular weight excluding hydrogens is 234 g/mol. The van der Waals surface area contributed by atoms with Crippen molar-refractivity contribution in [3.8, 4) is 0 Å². The Labute approximate surface area is 106 Å². The molecule has 6 nitrogen and oxygen atoms in total. The lowest BCUT2D eigenvalue weighted by Gasteiger charge is -2.07. The molecule has 1 aromatic rings. The second kappa shape index (κ2) is 6.18. The van der Waals surface area contributed by atoms with Gasteiger partial charge in [-0.1, -0.05) is 13.8 Å². The van der Waals surface area contributed by atoms with Crippen LogP contribution in [0.4, 0.5) is 0 Å². The SMILES string of the molecule is CCc1cc(C(=O)NCCC(C)C(=O)O)n(C)n1. The lowest BCUT2D eigenvalue weighted by Crippen LogP contribution is -2.28. The van der Waals surface area contributed by atoms with Crippen molar-refractivity contribution in [1.29, 1.82) is 0 Å². The second-order valence-corrected chi connectivity index (χ2v) is 4.28. The zero-order chi connectivity index (χ0) is 13.7. The van der Waals surface area contributed by atoms with Crippen molar-refractivity contribution in [3.63, 3.8) is 0 Å². The van der Waals surface area contributed by atoms with Gasteiger partial charge in [0.2, 0.25) is 0 Å². The van der Waals surface area contributed by atoms with E-state index in [1.165, 1.54) is 4.68 Å². The minimum absolute atomic E-state index is 0.220. The van der Waals surface area contributed by atoms with Crippen LogP contribution in [-0.2, 0) is 18.3 Å². The summed E-state index contributed by atoms with van der Waals surface area (Å²) in [5, 5.41) is 15.6. The number of nitrogens with zero attached hydrogens (tertiary/aromatic N) is 2. The molecule has 0 aliphatic heterocycles. The normalized spacial score (nSPS) is 12.2. The average molecular weight is 253 g/mol. The van der Waals surface area contributed by atoms with E-state index in [1.54, 1.807) is 20.0 Å². The quantitative estimate of drug-likeness (QED) is 0.786. The number of hydrogen-bond acceptors (Lipinski definition) is 3. The molecule has 1 amide bonds. The molecule has 0 aliphatic rings. The van der Waals surface area contributed by atoms with Gasteiger partial charge in [-0.3, -0.25) is 14.3 Å². The molecule has 0 saturated heterocycles. The summed E-state index contributed by atoms with van der Waals surface area (Å²) in [4.78, 5) is 22.4. The first-order valence-corrected chi connectivity index (χ1v) is 5.99. The molecule has 1 atom stereocenters. The van der Waals surface area contributed by atoms with Crippen molar-refractivity contribution in [2.45, 2.75) is 26.7 Å². The van der Waals surface area contributed by atoms with Crippen molar-refractivity contribution < 1.29 is 14.7 Å². The summed E-state index contributed by atoms with van der Waals surface area (Å²) >= 11 is 0. The maximum atomic E-state index is 11.8. The molecule has 0 saturated carbocycles. The van der Waals surface area contributed by atoms with Crippen molar-refractivity contribution in [2.24, 2.45) is 13.0 Å². The van der Waals surface area contributed by atoms with E-state index in [4.69, 9.17) is 5.11 Å². The number of aryl methyl sites for hydroxylation is 2. The van der Waals surface area contributed by atoms with Crippen molar-refractivity contribution in [2.75, 3.05) is 6.54 Å². The van der Waals surface area contributed by atoms with Crippen LogP contribution in [-0.4, -0.2) is 33.3 Å². The van der Waals surface area contributed by atoms with Gasteiger partial charge in [0.25, 0.3) is 5.91 Å². The molecule has 0 radical (unpaired) electrons. The van der Waals surface area contributed by atoms with Crippen molar-refractivity contribution in [1.82, 2.24) is 15.1 Å². The van der Waals surface area contributed by atoms with Gasteiger partial charge in [0.05, 0.1) is 11.6 Å². The Morgan fingerprint density at radius 1 is 1.56 bits per heavy atom. The molecule has 1 unspecified atom stereocenters. The molecule has 1 aromatic heterocycles. The zero-order valence-corrected chi connectivity index (χ0v) is 10.9. The summed E-state index contributed by atoms with van der Waals surface area (Å²) < 4.78 is 1.54. The highest BCUT2D eigenvalue weighted by molar-refractivity contribution is 5.92. The minimum atomic E-state index is -0.849. The first-order chi connectivity index (χ1) is 8.45. The number of aromatic nitrogens is 2. The lowest BCUT2D eigenvalue weighted by molar-refractivity contribution is -0.141. The molecule has 1 rings (SSSR count). The summed E-state index contributed by atoms with van der Waals surface area (Å²) in [6, 6.07) is 1.75. The third-order valence-electron chi connectivity index (χ3n) is 2.81. The monoisotopic (exact) mass is 253 g/mol. The molecule has 0 spiro atoms. The lowest BCUT2D eigenvalue weighted by atomic mass is 10.1. The van der Waals surface area contributed by atoms with E-state index in [9.17, 15) is 9.59 Å². The van der Waals surface area contributed by atoms with E-state index in [2.05, 4.69) is 10.4 Å². The largest absolute Gasteiger partial charge is 0.481 e. The number of carbonyl (C=O) groups excluding carboxylic acids is 1. The Morgan fingerprint density at radius 2 is 2.22 bits per heavy atom. The highest BCUT2D eigenvalue weighted by Crippen LogP contribution is 2.04. The van der Waals surface area contributed by atoms with Gasteiger partial charge in [0.1, 0.15) is 5.69 Å². The fraction of sp³-hybridized carbons (Fsp3) is 0.583. The van der Waals surface area contributed by atoms with E-state index in [-0.39, 0.29) is 5.91 Å². The van der Waals surface area contributed by atoms with Crippen molar-refractivity contribution >= 4 is 11.9 Å². The number of hydrogen-bond donors (Lipinski definition) is 2. The smallest absolute Gasteiger partial charge is 0.306 e. The summed E-state index contributed by atoms with van der Waals surface area (Å²) in [6.07, 6.45) is 1.19. The van der Waals surface area contributed by atoms with Gasteiger partial charge >= 0.3 is 5.97 Å². The average Bonchev–Trinajstić information content (AvgIpc) is 2.70. The van der Waals surface area contributed by atoms with E-state index in [0.717, 1.165) is 12.1 Å². The van der Waals surface area contributed by atoms with E-state index < -0.39 is 11.9 Å². The maximum absolute atomic E-state index is 11.8. The van der Waals surface area contributed by atoms with Crippen LogP contribution < -0.4 is 5.32 Å². The predicted octanol–water partition coefficient (Wildman–Crippen LogP) is 0.823. The van der Waals surface area contributed by atoms with Gasteiger partial charge < -0.3 is 10.4 Å². The molecular formula is C12H19N3O3. The van der Waals surface area contributed by atoms with E-state index >= 15 is 0 Å². The Bertz CT molecular complexity index is 440. The molecule has 2 N–H and O–H groups in total. The van der Waals surface area contributed by atoms with Gasteiger partial charge in [-0.15, -0.1) is 0 Å². The highest BCUT2D eigenvalue weighted by atomic mass is 16.4. The van der Waals surface area contributed by atoms with Gasteiger partial charge in [-0.05, 0) is 18.9 Å². The molecule has 0 bridgehead atoms. The molecule has 0 aromatic carbocycles. The number of carboxylic acid groups (broad SMARTS) is 1. The van der Waals surface area contributed by atoms with Crippen LogP contribution in [0.15, 0.2) is 6.07 Å². The number of nitrogens with one attached hydrogen (secondary N) is 1. The fourth-order valence-corrected chi connectivity index (χ4v) is 1.53. The van der Waals surface area contributed by atoms with Gasteiger partial charge in [-0.2, -0.15) is 5.10 Å². The fourth-order valence-electron chi connectivity index (χ4n) is 1.53. The number of rotatable bonds is 6. The summed E-state index contributed by atoms with van der Waals surface area (Å²) in [5.74, 6) is -1.52. The number of amides is 1. The first-order valence-electron chi connectivity index (χ1n) is 5.99. The topological polar surface area (TPSA) is 84.2 Å². The Balaban J connectivity index is 2.50. The molecule has 100 valence electrons. The van der Waals surface area contributed by atoms with Gasteiger partial charge in [0.15, 0.2) is 0 Å². The summed E-state index contributed by atoms with van der Waals surface area (Å²) in [5.41, 5.74) is 1.36. The van der Waals surface area contributed by atoms with Crippen LogP contribution in [0.1, 0.15) is 36.5 Å². The third kappa shape index (κ3) is 3.58. The van der Waals surface area contributed by atoms with Crippen molar-refractivity contribution in [3.05, 3.63) is 17.5 Å². The number of aliphatic carboxylic acids is 1. The molecule has 6 heteroatoms. The van der Waals surface area contributed by atoms with Crippen LogP contribution in [0.2, 0.25) is 0 Å². The Morgan fingerprint density at radius 3 is 2.72 bits per heavy atom. The second-order valence-electron chi connectivity index (χ2n) is 4.28. The highest BCUT2D eigenvalue weighted by Gasteiger charge is 2.14. The number of carboxylic acids is 1. The Kier molecular flexibility index (Phi) is 4.88. The van der Waals surface area contributed by atoms with E-state index in [0.29, 0.717) is 18.7 Å². The number of carbonyl (C=O) groups is 2. The summed E-state index contributed by atoms with van der Waals surface area (Å²) in [6.45, 7) is 3.94. The van der Waals surface area contributed by atoms with E-state index in [1.807, 2.05) is 6.92 Å². The van der Waals surface area contributed by atoms with Crippen LogP contribution in [0.25, 0.3) is 0 Å².